The van der Waals surface area contributed by atoms with E-state index in [1.165, 1.54) is 56.5 Å². The Morgan fingerprint density at radius 2 is 0.385 bits per heavy atom. The second-order valence-electron chi connectivity index (χ2n) is 31.3. The van der Waals surface area contributed by atoms with Gasteiger partial charge in [-0.1, -0.05) is 194 Å². The van der Waals surface area contributed by atoms with Crippen LogP contribution in [0.25, 0.3) is 171 Å². The fourth-order valence-electron chi connectivity index (χ4n) is 18.9. The van der Waals surface area contributed by atoms with Gasteiger partial charge in [-0.3, -0.25) is 0 Å². The zero-order chi connectivity index (χ0) is 80.0. The minimum Gasteiger partial charge on any atom is -0.456 e. The van der Waals surface area contributed by atoms with Gasteiger partial charge < -0.3 is 37.3 Å². The number of hydrogen-bond acceptors (Lipinski definition) is 10. The Balaban J connectivity index is 0.000000134. The van der Waals surface area contributed by atoms with Gasteiger partial charge in [-0.05, 0) is 226 Å². The van der Waals surface area contributed by atoms with Crippen LogP contribution >= 0.6 is 22.7 Å². The molecular formula is C112H68N4O4S2. The van der Waals surface area contributed by atoms with Gasteiger partial charge in [-0.15, -0.1) is 22.7 Å². The lowest BCUT2D eigenvalue weighted by Gasteiger charge is -2.26. The van der Waals surface area contributed by atoms with Crippen molar-refractivity contribution in [3.8, 4) is 0 Å². The number of furan rings is 4. The summed E-state index contributed by atoms with van der Waals surface area (Å²) in [6, 6.07) is 147. The largest absolute Gasteiger partial charge is 0.456 e. The number of para-hydroxylation sites is 6. The first-order valence-corrected chi connectivity index (χ1v) is 42.8. The van der Waals surface area contributed by atoms with Crippen molar-refractivity contribution in [2.75, 3.05) is 19.6 Å². The highest BCUT2D eigenvalue weighted by Gasteiger charge is 2.26. The summed E-state index contributed by atoms with van der Waals surface area (Å²) >= 11 is 3.69. The number of anilines is 12. The summed E-state index contributed by atoms with van der Waals surface area (Å²) in [5.74, 6) is 0. The van der Waals surface area contributed by atoms with E-state index in [9.17, 15) is 0 Å². The van der Waals surface area contributed by atoms with Crippen LogP contribution < -0.4 is 19.6 Å². The minimum atomic E-state index is 0.824. The second kappa shape index (κ2) is 28.0. The van der Waals surface area contributed by atoms with Crippen LogP contribution in [0.5, 0.6) is 0 Å². The number of fused-ring (bicyclic) bond motifs is 28. The second-order valence-corrected chi connectivity index (χ2v) is 33.5. The van der Waals surface area contributed by atoms with Crippen LogP contribution in [0, 0.1) is 0 Å². The predicted molar refractivity (Wildman–Crippen MR) is 517 cm³/mol. The lowest BCUT2D eigenvalue weighted by molar-refractivity contribution is 0.668. The molecule has 0 saturated carbocycles. The third-order valence-electron chi connectivity index (χ3n) is 24.4. The summed E-state index contributed by atoms with van der Waals surface area (Å²) in [7, 11) is 0. The van der Waals surface area contributed by atoms with Gasteiger partial charge in [0.2, 0.25) is 0 Å². The van der Waals surface area contributed by atoms with Gasteiger partial charge >= 0.3 is 0 Å². The van der Waals surface area contributed by atoms with Gasteiger partial charge in [0.15, 0.2) is 0 Å². The molecule has 26 rings (SSSR count). The summed E-state index contributed by atoms with van der Waals surface area (Å²) in [6.07, 6.45) is 0. The first-order chi connectivity index (χ1) is 60.5. The van der Waals surface area contributed by atoms with Crippen molar-refractivity contribution in [3.63, 3.8) is 0 Å². The highest BCUT2D eigenvalue weighted by atomic mass is 32.1. The monoisotopic (exact) mass is 1600 g/mol. The summed E-state index contributed by atoms with van der Waals surface area (Å²) < 4.78 is 32.0. The summed E-state index contributed by atoms with van der Waals surface area (Å²) in [6.45, 7) is 0. The van der Waals surface area contributed by atoms with E-state index in [-0.39, 0.29) is 0 Å². The van der Waals surface area contributed by atoms with Crippen LogP contribution in [0.3, 0.4) is 0 Å². The fourth-order valence-corrected chi connectivity index (χ4v) is 21.1. The van der Waals surface area contributed by atoms with Crippen molar-refractivity contribution in [1.82, 2.24) is 0 Å². The molecule has 0 aliphatic heterocycles. The molecule has 0 saturated heterocycles. The van der Waals surface area contributed by atoms with Crippen LogP contribution in [-0.4, -0.2) is 0 Å². The Morgan fingerprint density at radius 1 is 0.139 bits per heavy atom. The van der Waals surface area contributed by atoms with Gasteiger partial charge in [0.25, 0.3) is 0 Å². The van der Waals surface area contributed by atoms with Crippen LogP contribution in [0.15, 0.2) is 430 Å². The van der Waals surface area contributed by atoms with E-state index in [1.807, 2.05) is 53.0 Å². The van der Waals surface area contributed by atoms with Crippen molar-refractivity contribution in [2.45, 2.75) is 0 Å². The lowest BCUT2D eigenvalue weighted by atomic mass is 9.96. The molecule has 0 N–H and O–H groups in total. The van der Waals surface area contributed by atoms with Gasteiger partial charge in [-0.25, -0.2) is 0 Å². The molecule has 0 radical (unpaired) electrons. The maximum Gasteiger partial charge on any atom is 0.143 e. The Bertz CT molecular complexity index is 8710. The molecule has 0 aliphatic carbocycles. The zero-order valence-electron chi connectivity index (χ0n) is 65.5. The number of thiophene rings is 2. The van der Waals surface area contributed by atoms with Crippen LogP contribution in [-0.2, 0) is 0 Å². The zero-order valence-corrected chi connectivity index (χ0v) is 67.1. The van der Waals surface area contributed by atoms with Crippen LogP contribution in [0.4, 0.5) is 68.2 Å². The molecule has 6 aromatic heterocycles. The molecule has 0 amide bonds. The SMILES string of the molecule is c1ccc(N(c2ccc3c(c2)oc2c4ccc(N(c5ccccc5)c5ccc6sc7ccccc7c6c5)cc4c4ccccc4c32)c2ccc3sc4ccccc4c3c2)cc1.c1ccc(N(c2ccc3c(c2)oc2ccccc23)c2ccc3c(c2)oc2c4ccc(N(c5ccccc5)c5ccc6c(c5)oc5ccccc56)cc4c4ccccc4c32)cc1. The van der Waals surface area contributed by atoms with Gasteiger partial charge in [-0.2, -0.15) is 0 Å². The van der Waals surface area contributed by atoms with Crippen LogP contribution in [0.1, 0.15) is 0 Å². The lowest BCUT2D eigenvalue weighted by Crippen LogP contribution is -2.09. The molecule has 0 aliphatic rings. The number of hydrogen-bond donors (Lipinski definition) is 0. The molecule has 26 aromatic rings. The fraction of sp³-hybridized carbons (Fsp3) is 0. The number of rotatable bonds is 12. The average Bonchev–Trinajstić information content (AvgIpc) is 1.52. The predicted octanol–water partition coefficient (Wildman–Crippen LogP) is 34.2. The molecule has 572 valence electrons. The summed E-state index contributed by atoms with van der Waals surface area (Å²) in [4.78, 5) is 9.29. The highest BCUT2D eigenvalue weighted by molar-refractivity contribution is 7.26. The van der Waals surface area contributed by atoms with Crippen molar-refractivity contribution in [3.05, 3.63) is 413 Å². The highest BCUT2D eigenvalue weighted by Crippen LogP contribution is 2.51. The molecule has 0 unspecified atom stereocenters. The van der Waals surface area contributed by atoms with E-state index >= 15 is 0 Å². The van der Waals surface area contributed by atoms with Crippen molar-refractivity contribution in [1.29, 1.82) is 0 Å². The smallest absolute Gasteiger partial charge is 0.143 e. The van der Waals surface area contributed by atoms with E-state index in [0.29, 0.717) is 0 Å². The molecule has 6 heterocycles. The van der Waals surface area contributed by atoms with Crippen LogP contribution in [0.2, 0.25) is 0 Å². The molecule has 8 nitrogen and oxygen atoms in total. The van der Waals surface area contributed by atoms with E-state index in [4.69, 9.17) is 17.7 Å². The summed E-state index contributed by atoms with van der Waals surface area (Å²) in [5.41, 5.74) is 19.6. The number of benzene rings is 20. The maximum atomic E-state index is 7.06. The Kier molecular flexibility index (Phi) is 15.9. The Labute approximate surface area is 706 Å². The normalized spacial score (nSPS) is 11.9. The molecule has 0 spiro atoms. The first-order valence-electron chi connectivity index (χ1n) is 41.1. The minimum absolute atomic E-state index is 0.824. The van der Waals surface area contributed by atoms with Gasteiger partial charge in [0, 0.05) is 187 Å². The molecule has 10 heteroatoms. The molecule has 20 aromatic carbocycles. The van der Waals surface area contributed by atoms with Gasteiger partial charge in [0.05, 0.1) is 0 Å². The standard InChI is InChI=1S/C56H34N2O3.C56H34N2OS2/c1-3-13-35(14-4-1)57(38-23-27-44-42-18-9-11-21-50(42)59-52(44)32-38)37-25-29-47-49(31-37)41-17-7-8-20-46(41)55-48-30-26-40(34-54(48)61-56(47)55)58(36-15-5-2-6-16-36)39-24-28-45-43-19-10-12-22-51(43)60-53(45)33-39;1-3-13-35(14-4-1)57(38-25-29-53-48(32-38)42-18-9-11-21-51(42)60-53)37-23-27-45-47(31-37)41-17-7-8-20-44(41)55-46-28-24-40(34-50(46)59-56(45)55)58(36-15-5-2-6-16-36)39-26-30-54-49(33-39)43-19-10-12-22-52(43)61-54/h2*1-34H. The molecule has 0 atom stereocenters. The Hall–Kier alpha value is -15.7. The van der Waals surface area contributed by atoms with E-state index in [0.717, 1.165) is 183 Å². The molecule has 122 heavy (non-hydrogen) atoms. The quantitative estimate of drug-likeness (QED) is 0.112. The maximum absolute atomic E-state index is 7.06. The third-order valence-corrected chi connectivity index (χ3v) is 26.7. The third kappa shape index (κ3) is 11.3. The van der Waals surface area contributed by atoms with E-state index < -0.39 is 0 Å². The topological polar surface area (TPSA) is 65.5 Å². The van der Waals surface area contributed by atoms with E-state index in [1.54, 1.807) is 0 Å². The molecular weight excluding hydrogens is 1530 g/mol. The van der Waals surface area contributed by atoms with Gasteiger partial charge in [0.1, 0.15) is 44.7 Å². The molecule has 0 bridgehead atoms. The first kappa shape index (κ1) is 69.4. The van der Waals surface area contributed by atoms with Crippen molar-refractivity contribution in [2.24, 2.45) is 0 Å². The summed E-state index contributed by atoms with van der Waals surface area (Å²) in [5, 5.41) is 23.1. The molecule has 0 fully saturated rings. The average molecular weight is 1600 g/mol. The number of nitrogens with zero attached hydrogens (tertiary/aromatic N) is 4. The van der Waals surface area contributed by atoms with Crippen molar-refractivity contribution >= 4 is 262 Å². The Morgan fingerprint density at radius 3 is 0.746 bits per heavy atom. The van der Waals surface area contributed by atoms with E-state index in [2.05, 4.69) is 402 Å². The van der Waals surface area contributed by atoms with Crippen molar-refractivity contribution < 1.29 is 17.7 Å².